The largest absolute Gasteiger partial charge is 0.497 e. The molecule has 1 aliphatic rings. The van der Waals surface area contributed by atoms with Crippen LogP contribution in [0.5, 0.6) is 5.75 Å². The Balaban J connectivity index is 1.90. The third-order valence-corrected chi connectivity index (χ3v) is 3.34. The predicted molar refractivity (Wildman–Crippen MR) is 85.1 cm³/mol. The first-order valence-electron chi connectivity index (χ1n) is 6.58. The Hall–Kier alpha value is -2.59. The van der Waals surface area contributed by atoms with Crippen molar-refractivity contribution in [2.24, 2.45) is 4.99 Å². The van der Waals surface area contributed by atoms with E-state index in [9.17, 15) is 4.79 Å². The first kappa shape index (κ1) is 14.4. The van der Waals surface area contributed by atoms with Crippen LogP contribution in [-0.2, 0) is 9.53 Å². The summed E-state index contributed by atoms with van der Waals surface area (Å²) in [5.41, 5.74) is 1.75. The molecule has 0 radical (unpaired) electrons. The average Bonchev–Trinajstić information content (AvgIpc) is 2.88. The van der Waals surface area contributed by atoms with E-state index in [4.69, 9.17) is 21.1 Å². The number of aliphatic imine (C=N–C) groups is 1. The number of nitrogens with zero attached hydrogens (tertiary/aromatic N) is 1. The van der Waals surface area contributed by atoms with Gasteiger partial charge in [0.15, 0.2) is 5.70 Å². The maximum Gasteiger partial charge on any atom is 0.363 e. The molecule has 0 saturated carbocycles. The minimum Gasteiger partial charge on any atom is -0.497 e. The van der Waals surface area contributed by atoms with Crippen LogP contribution in [-0.4, -0.2) is 19.0 Å². The van der Waals surface area contributed by atoms with Crippen molar-refractivity contribution < 1.29 is 14.3 Å². The molecule has 3 rings (SSSR count). The van der Waals surface area contributed by atoms with Crippen LogP contribution in [0.25, 0.3) is 6.08 Å². The van der Waals surface area contributed by atoms with Gasteiger partial charge in [0.2, 0.25) is 5.90 Å². The highest BCUT2D eigenvalue weighted by Gasteiger charge is 2.24. The summed E-state index contributed by atoms with van der Waals surface area (Å²) in [7, 11) is 1.59. The number of ether oxygens (including phenoxy) is 2. The molecule has 0 atom stereocenters. The van der Waals surface area contributed by atoms with E-state index < -0.39 is 5.97 Å². The Labute approximate surface area is 132 Å². The van der Waals surface area contributed by atoms with E-state index in [0.29, 0.717) is 10.6 Å². The highest BCUT2D eigenvalue weighted by Crippen LogP contribution is 2.21. The number of methoxy groups -OCH3 is 1. The lowest BCUT2D eigenvalue weighted by atomic mass is 10.2. The zero-order valence-electron chi connectivity index (χ0n) is 11.7. The number of benzene rings is 2. The SMILES string of the molecule is COc1ccc(C2=NC(=Cc3cccc(Cl)c3)C(=O)O2)cc1. The molecule has 2 aromatic rings. The van der Waals surface area contributed by atoms with E-state index in [1.165, 1.54) is 0 Å². The van der Waals surface area contributed by atoms with E-state index >= 15 is 0 Å². The number of hydrogen-bond donors (Lipinski definition) is 0. The second-order valence-corrected chi connectivity index (χ2v) is 5.06. The lowest BCUT2D eigenvalue weighted by molar-refractivity contribution is -0.129. The van der Waals surface area contributed by atoms with Gasteiger partial charge in [-0.25, -0.2) is 9.79 Å². The molecule has 0 aliphatic carbocycles. The molecule has 110 valence electrons. The summed E-state index contributed by atoms with van der Waals surface area (Å²) in [6, 6.07) is 14.3. The topological polar surface area (TPSA) is 47.9 Å². The normalized spacial score (nSPS) is 15.6. The van der Waals surface area contributed by atoms with Crippen molar-refractivity contribution in [2.45, 2.75) is 0 Å². The van der Waals surface area contributed by atoms with Crippen molar-refractivity contribution in [1.82, 2.24) is 0 Å². The molecule has 1 aliphatic heterocycles. The Morgan fingerprint density at radius 3 is 2.64 bits per heavy atom. The fourth-order valence-corrected chi connectivity index (χ4v) is 2.22. The maximum atomic E-state index is 11.9. The van der Waals surface area contributed by atoms with Gasteiger partial charge in [-0.3, -0.25) is 0 Å². The van der Waals surface area contributed by atoms with Gasteiger partial charge in [-0.15, -0.1) is 0 Å². The maximum absolute atomic E-state index is 11.9. The van der Waals surface area contributed by atoms with Gasteiger partial charge in [0.05, 0.1) is 7.11 Å². The number of carbonyl (C=O) groups is 1. The quantitative estimate of drug-likeness (QED) is 0.641. The average molecular weight is 314 g/mol. The first-order valence-corrected chi connectivity index (χ1v) is 6.96. The van der Waals surface area contributed by atoms with Crippen molar-refractivity contribution in [1.29, 1.82) is 0 Å². The van der Waals surface area contributed by atoms with Gasteiger partial charge in [-0.2, -0.15) is 0 Å². The monoisotopic (exact) mass is 313 g/mol. The molecule has 0 N–H and O–H groups in total. The minimum absolute atomic E-state index is 0.244. The van der Waals surface area contributed by atoms with Crippen molar-refractivity contribution in [3.05, 3.63) is 70.4 Å². The second kappa shape index (κ2) is 6.03. The van der Waals surface area contributed by atoms with E-state index in [1.54, 1.807) is 49.6 Å². The summed E-state index contributed by atoms with van der Waals surface area (Å²) in [4.78, 5) is 16.1. The Kier molecular flexibility index (Phi) is 3.94. The van der Waals surface area contributed by atoms with E-state index in [1.807, 2.05) is 12.1 Å². The lowest BCUT2D eigenvalue weighted by Crippen LogP contribution is -2.05. The smallest absolute Gasteiger partial charge is 0.363 e. The molecule has 22 heavy (non-hydrogen) atoms. The van der Waals surface area contributed by atoms with E-state index in [2.05, 4.69) is 4.99 Å². The molecule has 0 spiro atoms. The molecule has 0 fully saturated rings. The van der Waals surface area contributed by atoms with E-state index in [-0.39, 0.29) is 11.6 Å². The molecule has 1 heterocycles. The number of cyclic esters (lactones) is 1. The van der Waals surface area contributed by atoms with Crippen molar-refractivity contribution in [2.75, 3.05) is 7.11 Å². The predicted octanol–water partition coefficient (Wildman–Crippen LogP) is 3.69. The van der Waals surface area contributed by atoms with Gasteiger partial charge in [0.1, 0.15) is 5.75 Å². The van der Waals surface area contributed by atoms with Crippen molar-refractivity contribution in [3.8, 4) is 5.75 Å². The fraction of sp³-hybridized carbons (Fsp3) is 0.0588. The van der Waals surface area contributed by atoms with Crippen molar-refractivity contribution >= 4 is 29.5 Å². The molecule has 0 amide bonds. The van der Waals surface area contributed by atoms with Crippen LogP contribution in [0.2, 0.25) is 5.02 Å². The summed E-state index contributed by atoms with van der Waals surface area (Å²) in [5.74, 6) is 0.523. The summed E-state index contributed by atoms with van der Waals surface area (Å²) in [5, 5.41) is 0.597. The third kappa shape index (κ3) is 3.02. The molecule has 0 saturated heterocycles. The Morgan fingerprint density at radius 2 is 1.95 bits per heavy atom. The van der Waals surface area contributed by atoms with Crippen LogP contribution in [0.15, 0.2) is 59.2 Å². The lowest BCUT2D eigenvalue weighted by Gasteiger charge is -2.01. The highest BCUT2D eigenvalue weighted by molar-refractivity contribution is 6.30. The van der Waals surface area contributed by atoms with Crippen LogP contribution in [0.3, 0.4) is 0 Å². The third-order valence-electron chi connectivity index (χ3n) is 3.11. The zero-order chi connectivity index (χ0) is 15.5. The van der Waals surface area contributed by atoms with E-state index in [0.717, 1.165) is 11.3 Å². The Morgan fingerprint density at radius 1 is 1.18 bits per heavy atom. The molecule has 0 aromatic heterocycles. The Bertz CT molecular complexity index is 779. The minimum atomic E-state index is -0.481. The van der Waals surface area contributed by atoms with Crippen LogP contribution >= 0.6 is 11.6 Å². The van der Waals surface area contributed by atoms with Crippen LogP contribution in [0.1, 0.15) is 11.1 Å². The summed E-state index contributed by atoms with van der Waals surface area (Å²) in [6.45, 7) is 0. The fourth-order valence-electron chi connectivity index (χ4n) is 2.02. The number of esters is 1. The van der Waals surface area contributed by atoms with Gasteiger partial charge >= 0.3 is 5.97 Å². The molecule has 0 bridgehead atoms. The van der Waals surface area contributed by atoms with Crippen LogP contribution in [0, 0.1) is 0 Å². The highest BCUT2D eigenvalue weighted by atomic mass is 35.5. The number of halogens is 1. The van der Waals surface area contributed by atoms with Gasteiger partial charge in [-0.1, -0.05) is 23.7 Å². The van der Waals surface area contributed by atoms with Gasteiger partial charge in [-0.05, 0) is 48.0 Å². The molecular weight excluding hydrogens is 302 g/mol. The van der Waals surface area contributed by atoms with Crippen LogP contribution in [0.4, 0.5) is 0 Å². The first-order chi connectivity index (χ1) is 10.7. The van der Waals surface area contributed by atoms with Crippen LogP contribution < -0.4 is 4.74 Å². The second-order valence-electron chi connectivity index (χ2n) is 4.62. The standard InChI is InChI=1S/C17H12ClNO3/c1-21-14-7-5-12(6-8-14)16-19-15(17(20)22-16)10-11-3-2-4-13(18)9-11/h2-10H,1H3. The number of rotatable bonds is 3. The number of hydrogen-bond acceptors (Lipinski definition) is 4. The molecule has 4 nitrogen and oxygen atoms in total. The van der Waals surface area contributed by atoms with Crippen molar-refractivity contribution in [3.63, 3.8) is 0 Å². The molecule has 2 aromatic carbocycles. The molecule has 5 heteroatoms. The van der Waals surface area contributed by atoms with Gasteiger partial charge in [0, 0.05) is 10.6 Å². The van der Waals surface area contributed by atoms with Gasteiger partial charge in [0.25, 0.3) is 0 Å². The molecule has 0 unspecified atom stereocenters. The zero-order valence-corrected chi connectivity index (χ0v) is 12.5. The number of carbonyl (C=O) groups excluding carboxylic acids is 1. The summed E-state index contributed by atoms with van der Waals surface area (Å²) in [6.07, 6.45) is 1.64. The van der Waals surface area contributed by atoms with Gasteiger partial charge < -0.3 is 9.47 Å². The molecular formula is C17H12ClNO3. The summed E-state index contributed by atoms with van der Waals surface area (Å²) >= 11 is 5.93. The summed E-state index contributed by atoms with van der Waals surface area (Å²) < 4.78 is 10.3.